The van der Waals surface area contributed by atoms with Crippen molar-refractivity contribution in [1.29, 1.82) is 0 Å². The summed E-state index contributed by atoms with van der Waals surface area (Å²) in [5, 5.41) is 3.97. The van der Waals surface area contributed by atoms with E-state index in [0.717, 1.165) is 0 Å². The van der Waals surface area contributed by atoms with Gasteiger partial charge in [-0.2, -0.15) is 5.10 Å². The fourth-order valence-electron chi connectivity index (χ4n) is 2.42. The molecule has 0 bridgehead atoms. The predicted octanol–water partition coefficient (Wildman–Crippen LogP) is 3.24. The Morgan fingerprint density at radius 1 is 1.07 bits per heavy atom. The van der Waals surface area contributed by atoms with Crippen molar-refractivity contribution in [2.24, 2.45) is 5.10 Å². The van der Waals surface area contributed by atoms with E-state index in [1.54, 1.807) is 43.3 Å². The van der Waals surface area contributed by atoms with Crippen molar-refractivity contribution in [2.75, 3.05) is 11.8 Å². The van der Waals surface area contributed by atoms with Crippen LogP contribution in [-0.4, -0.2) is 27.1 Å². The maximum atomic E-state index is 12.6. The molecule has 0 radical (unpaired) electrons. The van der Waals surface area contributed by atoms with Crippen LogP contribution in [0.25, 0.3) is 0 Å². The molecular formula is C20H19N3O5S. The molecule has 9 heteroatoms. The summed E-state index contributed by atoms with van der Waals surface area (Å²) in [4.78, 5) is 12.3. The molecular weight excluding hydrogens is 394 g/mol. The summed E-state index contributed by atoms with van der Waals surface area (Å²) in [6, 6.07) is 15.5. The number of hydrogen-bond acceptors (Lipinski definition) is 6. The fourth-order valence-corrected chi connectivity index (χ4v) is 3.52. The molecule has 29 heavy (non-hydrogen) atoms. The number of methoxy groups -OCH3 is 1. The first-order valence-corrected chi connectivity index (χ1v) is 10.0. The molecule has 8 nitrogen and oxygen atoms in total. The minimum atomic E-state index is -3.88. The van der Waals surface area contributed by atoms with Gasteiger partial charge in [-0.05, 0) is 61.5 Å². The Morgan fingerprint density at radius 2 is 1.83 bits per heavy atom. The molecule has 1 amide bonds. The third-order valence-corrected chi connectivity index (χ3v) is 5.33. The second-order valence-electron chi connectivity index (χ2n) is 5.98. The second-order valence-corrected chi connectivity index (χ2v) is 7.66. The number of carbonyl (C=O) groups excluding carboxylic acids is 1. The number of rotatable bonds is 7. The molecule has 0 atom stereocenters. The number of furan rings is 1. The van der Waals surface area contributed by atoms with Gasteiger partial charge in [0.15, 0.2) is 0 Å². The zero-order chi connectivity index (χ0) is 20.9. The van der Waals surface area contributed by atoms with Gasteiger partial charge in [-0.15, -0.1) is 0 Å². The van der Waals surface area contributed by atoms with Gasteiger partial charge in [0.1, 0.15) is 17.2 Å². The molecule has 0 spiro atoms. The molecule has 2 aromatic carbocycles. The smallest absolute Gasteiger partial charge is 0.271 e. The molecule has 0 fully saturated rings. The molecule has 0 aliphatic rings. The van der Waals surface area contributed by atoms with Crippen LogP contribution in [0.4, 0.5) is 5.69 Å². The highest BCUT2D eigenvalue weighted by atomic mass is 32.2. The first kappa shape index (κ1) is 20.2. The summed E-state index contributed by atoms with van der Waals surface area (Å²) < 4.78 is 38.0. The number of sulfonamides is 1. The van der Waals surface area contributed by atoms with Crippen molar-refractivity contribution in [3.05, 3.63) is 78.3 Å². The average molecular weight is 413 g/mol. The number of benzene rings is 2. The van der Waals surface area contributed by atoms with Crippen molar-refractivity contribution in [3.63, 3.8) is 0 Å². The van der Waals surface area contributed by atoms with E-state index in [1.165, 1.54) is 37.6 Å². The maximum absolute atomic E-state index is 12.6. The number of amides is 1. The molecule has 150 valence electrons. The Labute approximate surface area is 168 Å². The standard InChI is InChI=1S/C20H19N3O5S/c1-14(19-7-4-12-28-19)21-22-20(24)15-5-3-6-18(13-15)29(25,26)23-16-8-10-17(27-2)11-9-16/h3-13,23H,1-2H3,(H,22,24)/b21-14+. The number of hydrogen-bond donors (Lipinski definition) is 2. The Hall–Kier alpha value is -3.59. The van der Waals surface area contributed by atoms with Crippen molar-refractivity contribution >= 4 is 27.3 Å². The summed E-state index contributed by atoms with van der Waals surface area (Å²) >= 11 is 0. The summed E-state index contributed by atoms with van der Waals surface area (Å²) in [7, 11) is -2.35. The van der Waals surface area contributed by atoms with E-state index in [2.05, 4.69) is 15.2 Å². The van der Waals surface area contributed by atoms with Gasteiger partial charge in [-0.1, -0.05) is 6.07 Å². The van der Waals surface area contributed by atoms with Crippen molar-refractivity contribution in [3.8, 4) is 5.75 Å². The van der Waals surface area contributed by atoms with Crippen LogP contribution >= 0.6 is 0 Å². The van der Waals surface area contributed by atoms with Gasteiger partial charge in [0.05, 0.1) is 18.3 Å². The molecule has 1 heterocycles. The van der Waals surface area contributed by atoms with Crippen LogP contribution in [0.2, 0.25) is 0 Å². The lowest BCUT2D eigenvalue weighted by Crippen LogP contribution is -2.20. The normalized spacial score (nSPS) is 11.7. The molecule has 0 unspecified atom stereocenters. The van der Waals surface area contributed by atoms with Gasteiger partial charge in [0.2, 0.25) is 0 Å². The monoisotopic (exact) mass is 413 g/mol. The number of nitrogens with zero attached hydrogens (tertiary/aromatic N) is 1. The van der Waals surface area contributed by atoms with E-state index < -0.39 is 15.9 Å². The minimum absolute atomic E-state index is 0.0484. The Bertz CT molecular complexity index is 1120. The lowest BCUT2D eigenvalue weighted by Gasteiger charge is -2.10. The fraction of sp³-hybridized carbons (Fsp3) is 0.100. The number of hydrazone groups is 1. The van der Waals surface area contributed by atoms with Gasteiger partial charge < -0.3 is 9.15 Å². The van der Waals surface area contributed by atoms with Crippen LogP contribution in [-0.2, 0) is 10.0 Å². The van der Waals surface area contributed by atoms with Crippen LogP contribution in [0.1, 0.15) is 23.0 Å². The van der Waals surface area contributed by atoms with E-state index in [-0.39, 0.29) is 10.5 Å². The number of carbonyl (C=O) groups is 1. The van der Waals surface area contributed by atoms with E-state index >= 15 is 0 Å². The van der Waals surface area contributed by atoms with Crippen molar-refractivity contribution < 1.29 is 22.4 Å². The van der Waals surface area contributed by atoms with Crippen LogP contribution in [0.5, 0.6) is 5.75 Å². The van der Waals surface area contributed by atoms with Crippen molar-refractivity contribution in [1.82, 2.24) is 5.43 Å². The average Bonchev–Trinajstić information content (AvgIpc) is 3.27. The van der Waals surface area contributed by atoms with Crippen LogP contribution in [0, 0.1) is 0 Å². The number of nitrogens with one attached hydrogen (secondary N) is 2. The highest BCUT2D eigenvalue weighted by Gasteiger charge is 2.17. The van der Waals surface area contributed by atoms with Crippen LogP contribution in [0.15, 0.2) is 81.3 Å². The molecule has 1 aromatic heterocycles. The second kappa shape index (κ2) is 8.61. The topological polar surface area (TPSA) is 110 Å². The zero-order valence-electron chi connectivity index (χ0n) is 15.7. The van der Waals surface area contributed by atoms with Crippen LogP contribution in [0.3, 0.4) is 0 Å². The number of anilines is 1. The van der Waals surface area contributed by atoms with Gasteiger partial charge >= 0.3 is 0 Å². The Balaban J connectivity index is 1.75. The minimum Gasteiger partial charge on any atom is -0.497 e. The van der Waals surface area contributed by atoms with E-state index in [4.69, 9.17) is 9.15 Å². The van der Waals surface area contributed by atoms with E-state index in [9.17, 15) is 13.2 Å². The van der Waals surface area contributed by atoms with Gasteiger partial charge in [-0.25, -0.2) is 13.8 Å². The maximum Gasteiger partial charge on any atom is 0.271 e. The van der Waals surface area contributed by atoms with Gasteiger partial charge in [0.25, 0.3) is 15.9 Å². The lowest BCUT2D eigenvalue weighted by molar-refractivity contribution is 0.0954. The molecule has 0 saturated carbocycles. The van der Waals surface area contributed by atoms with E-state index in [1.807, 2.05) is 0 Å². The Kier molecular flexibility index (Phi) is 5.99. The van der Waals surface area contributed by atoms with Gasteiger partial charge in [-0.3, -0.25) is 9.52 Å². The molecule has 3 rings (SSSR count). The lowest BCUT2D eigenvalue weighted by atomic mass is 10.2. The molecule has 3 aromatic rings. The first-order chi connectivity index (χ1) is 13.9. The quantitative estimate of drug-likeness (QED) is 0.456. The summed E-state index contributed by atoms with van der Waals surface area (Å²) in [5.74, 6) is 0.583. The Morgan fingerprint density at radius 3 is 2.48 bits per heavy atom. The number of ether oxygens (including phenoxy) is 1. The zero-order valence-corrected chi connectivity index (χ0v) is 16.6. The largest absolute Gasteiger partial charge is 0.497 e. The van der Waals surface area contributed by atoms with Crippen LogP contribution < -0.4 is 14.9 Å². The molecule has 0 aliphatic carbocycles. The highest BCUT2D eigenvalue weighted by Crippen LogP contribution is 2.20. The third-order valence-electron chi connectivity index (χ3n) is 3.95. The highest BCUT2D eigenvalue weighted by molar-refractivity contribution is 7.92. The molecule has 0 saturated heterocycles. The summed E-state index contributed by atoms with van der Waals surface area (Å²) in [6.07, 6.45) is 1.50. The van der Waals surface area contributed by atoms with Gasteiger partial charge in [0, 0.05) is 11.3 Å². The SMILES string of the molecule is COc1ccc(NS(=O)(=O)c2cccc(C(=O)N/N=C(\C)c3ccco3)c2)cc1. The summed E-state index contributed by atoms with van der Waals surface area (Å²) in [6.45, 7) is 1.68. The van der Waals surface area contributed by atoms with E-state index in [0.29, 0.717) is 22.9 Å². The summed E-state index contributed by atoms with van der Waals surface area (Å²) in [5.41, 5.74) is 3.39. The first-order valence-electron chi connectivity index (χ1n) is 8.54. The van der Waals surface area contributed by atoms with Crippen molar-refractivity contribution in [2.45, 2.75) is 11.8 Å². The molecule has 0 aliphatic heterocycles. The third kappa shape index (κ3) is 5.02. The predicted molar refractivity (Wildman–Crippen MR) is 109 cm³/mol. The molecule has 2 N–H and O–H groups in total.